The van der Waals surface area contributed by atoms with Crippen LogP contribution in [0.1, 0.15) is 20.8 Å². The van der Waals surface area contributed by atoms with Crippen LogP contribution in [0.15, 0.2) is 46.1 Å². The first kappa shape index (κ1) is 17.9. The molecule has 0 aliphatic rings. The lowest BCUT2D eigenvalue weighted by atomic mass is 10.1. The van der Waals surface area contributed by atoms with Crippen molar-refractivity contribution < 1.29 is 18.0 Å². The molecule has 25 heavy (non-hydrogen) atoms. The van der Waals surface area contributed by atoms with E-state index in [1.165, 1.54) is 40.1 Å². The molecule has 4 nitrogen and oxygen atoms in total. The molecule has 0 saturated heterocycles. The number of nitrogens with zero attached hydrogens (tertiary/aromatic N) is 2. The number of carbonyl (C=O) groups is 1. The van der Waals surface area contributed by atoms with Crippen molar-refractivity contribution in [3.05, 3.63) is 57.8 Å². The summed E-state index contributed by atoms with van der Waals surface area (Å²) in [4.78, 5) is 13.3. The summed E-state index contributed by atoms with van der Waals surface area (Å²) in [6, 6.07) is 8.21. The summed E-state index contributed by atoms with van der Waals surface area (Å²) in [5.74, 6) is 0.0884. The number of anilines is 1. The van der Waals surface area contributed by atoms with Crippen LogP contribution in [0.2, 0.25) is 0 Å². The molecule has 130 valence electrons. The summed E-state index contributed by atoms with van der Waals surface area (Å²) in [7, 11) is 0. The Bertz CT molecular complexity index is 862. The van der Waals surface area contributed by atoms with Gasteiger partial charge in [0.2, 0.25) is 5.13 Å². The van der Waals surface area contributed by atoms with Gasteiger partial charge in [-0.3, -0.25) is 10.1 Å². The molecule has 0 bridgehead atoms. The second kappa shape index (κ2) is 7.54. The van der Waals surface area contributed by atoms with Gasteiger partial charge in [0.05, 0.1) is 5.56 Å². The fraction of sp³-hybridized carbons (Fsp3) is 0.133. The zero-order valence-electron chi connectivity index (χ0n) is 12.4. The third kappa shape index (κ3) is 4.80. The minimum absolute atomic E-state index is 0.0854. The number of rotatable bonds is 5. The van der Waals surface area contributed by atoms with Gasteiger partial charge in [0.25, 0.3) is 5.91 Å². The van der Waals surface area contributed by atoms with Gasteiger partial charge < -0.3 is 0 Å². The molecule has 3 rings (SSSR count). The van der Waals surface area contributed by atoms with Gasteiger partial charge in [-0.1, -0.05) is 35.2 Å². The fourth-order valence-electron chi connectivity index (χ4n) is 1.85. The van der Waals surface area contributed by atoms with E-state index >= 15 is 0 Å². The molecule has 0 radical (unpaired) electrons. The molecule has 0 saturated carbocycles. The van der Waals surface area contributed by atoms with Gasteiger partial charge in [-0.15, -0.1) is 21.5 Å². The zero-order chi connectivity index (χ0) is 17.9. The first-order valence-electron chi connectivity index (χ1n) is 6.89. The standard InChI is InChI=1S/C15H10F3N3OS3/c16-15(17,18)10-4-1-3-9(7-10)12(22)19-13-20-21-14(25-13)24-8-11-5-2-6-23-11/h1-7H,8H2,(H,19,20,22). The molecule has 2 heterocycles. The maximum atomic E-state index is 12.7. The second-order valence-electron chi connectivity index (χ2n) is 4.77. The summed E-state index contributed by atoms with van der Waals surface area (Å²) in [5.41, 5.74) is -0.956. The van der Waals surface area contributed by atoms with Crippen molar-refractivity contribution in [2.24, 2.45) is 0 Å². The van der Waals surface area contributed by atoms with Crippen molar-refractivity contribution in [2.45, 2.75) is 16.3 Å². The normalized spacial score (nSPS) is 11.5. The van der Waals surface area contributed by atoms with Crippen molar-refractivity contribution >= 4 is 45.5 Å². The summed E-state index contributed by atoms with van der Waals surface area (Å²) in [6.45, 7) is 0. The number of nitrogens with one attached hydrogen (secondary N) is 1. The summed E-state index contributed by atoms with van der Waals surface area (Å²) in [6.07, 6.45) is -4.50. The highest BCUT2D eigenvalue weighted by Gasteiger charge is 2.30. The van der Waals surface area contributed by atoms with Gasteiger partial charge in [0, 0.05) is 16.2 Å². The number of carbonyl (C=O) groups excluding carboxylic acids is 1. The quantitative estimate of drug-likeness (QED) is 0.474. The van der Waals surface area contributed by atoms with Crippen molar-refractivity contribution in [1.82, 2.24) is 10.2 Å². The molecule has 0 fully saturated rings. The molecular weight excluding hydrogens is 391 g/mol. The predicted molar refractivity (Wildman–Crippen MR) is 93.2 cm³/mol. The molecule has 0 aliphatic heterocycles. The first-order valence-corrected chi connectivity index (χ1v) is 9.57. The Morgan fingerprint density at radius 3 is 2.76 bits per heavy atom. The monoisotopic (exact) mass is 401 g/mol. The van der Waals surface area contributed by atoms with Gasteiger partial charge in [0.15, 0.2) is 4.34 Å². The van der Waals surface area contributed by atoms with Crippen LogP contribution in [0.3, 0.4) is 0 Å². The third-order valence-electron chi connectivity index (χ3n) is 3.00. The molecule has 2 aromatic heterocycles. The van der Waals surface area contributed by atoms with Gasteiger partial charge in [-0.25, -0.2) is 0 Å². The van der Waals surface area contributed by atoms with E-state index in [-0.39, 0.29) is 10.7 Å². The molecule has 0 spiro atoms. The minimum atomic E-state index is -4.50. The molecular formula is C15H10F3N3OS3. The third-order valence-corrected chi connectivity index (χ3v) is 6.08. The summed E-state index contributed by atoms with van der Waals surface area (Å²) in [5, 5.41) is 12.5. The fourth-order valence-corrected chi connectivity index (χ4v) is 4.37. The van der Waals surface area contributed by atoms with Crippen LogP contribution < -0.4 is 5.32 Å². The molecule has 3 aromatic rings. The number of benzene rings is 1. The summed E-state index contributed by atoms with van der Waals surface area (Å²) < 4.78 is 38.8. The number of aromatic nitrogens is 2. The maximum absolute atomic E-state index is 12.7. The number of amides is 1. The number of hydrogen-bond donors (Lipinski definition) is 1. The smallest absolute Gasteiger partial charge is 0.296 e. The highest BCUT2D eigenvalue weighted by Crippen LogP contribution is 2.31. The van der Waals surface area contributed by atoms with Crippen molar-refractivity contribution in [1.29, 1.82) is 0 Å². The lowest BCUT2D eigenvalue weighted by Crippen LogP contribution is -2.13. The molecule has 0 unspecified atom stereocenters. The van der Waals surface area contributed by atoms with E-state index < -0.39 is 17.6 Å². The van der Waals surface area contributed by atoms with E-state index in [0.29, 0.717) is 4.34 Å². The largest absolute Gasteiger partial charge is 0.416 e. The van der Waals surface area contributed by atoms with Crippen LogP contribution >= 0.6 is 34.4 Å². The van der Waals surface area contributed by atoms with Crippen LogP contribution in [0.25, 0.3) is 0 Å². The lowest BCUT2D eigenvalue weighted by molar-refractivity contribution is -0.137. The molecule has 1 aromatic carbocycles. The summed E-state index contributed by atoms with van der Waals surface area (Å²) >= 11 is 4.30. The number of halogens is 3. The number of hydrogen-bond acceptors (Lipinski definition) is 6. The highest BCUT2D eigenvalue weighted by molar-refractivity contribution is 8.00. The number of thiophene rings is 1. The van der Waals surface area contributed by atoms with Crippen LogP contribution in [0, 0.1) is 0 Å². The molecule has 0 aliphatic carbocycles. The van der Waals surface area contributed by atoms with E-state index in [9.17, 15) is 18.0 Å². The predicted octanol–water partition coefficient (Wildman–Crippen LogP) is 5.16. The van der Waals surface area contributed by atoms with Gasteiger partial charge in [-0.2, -0.15) is 13.2 Å². The zero-order valence-corrected chi connectivity index (χ0v) is 14.9. The van der Waals surface area contributed by atoms with E-state index in [1.54, 1.807) is 11.3 Å². The van der Waals surface area contributed by atoms with Crippen molar-refractivity contribution in [3.63, 3.8) is 0 Å². The number of alkyl halides is 3. The van der Waals surface area contributed by atoms with Crippen LogP contribution in [-0.2, 0) is 11.9 Å². The Balaban J connectivity index is 1.63. The Kier molecular flexibility index (Phi) is 5.40. The topological polar surface area (TPSA) is 54.9 Å². The van der Waals surface area contributed by atoms with Crippen LogP contribution in [0.4, 0.5) is 18.3 Å². The molecule has 1 N–H and O–H groups in total. The van der Waals surface area contributed by atoms with E-state index in [4.69, 9.17) is 0 Å². The minimum Gasteiger partial charge on any atom is -0.296 e. The lowest BCUT2D eigenvalue weighted by Gasteiger charge is -2.08. The number of thioether (sulfide) groups is 1. The SMILES string of the molecule is O=C(Nc1nnc(SCc2cccs2)s1)c1cccc(C(F)(F)F)c1. The Morgan fingerprint density at radius 2 is 2.04 bits per heavy atom. The Morgan fingerprint density at radius 1 is 1.20 bits per heavy atom. The van der Waals surface area contributed by atoms with E-state index in [0.717, 1.165) is 17.9 Å². The van der Waals surface area contributed by atoms with Gasteiger partial charge in [0.1, 0.15) is 0 Å². The maximum Gasteiger partial charge on any atom is 0.416 e. The molecule has 10 heteroatoms. The molecule has 0 atom stereocenters. The van der Waals surface area contributed by atoms with Crippen molar-refractivity contribution in [2.75, 3.05) is 5.32 Å². The van der Waals surface area contributed by atoms with E-state index in [1.807, 2.05) is 17.5 Å². The van der Waals surface area contributed by atoms with Crippen LogP contribution in [-0.4, -0.2) is 16.1 Å². The van der Waals surface area contributed by atoms with Gasteiger partial charge >= 0.3 is 6.18 Å². The molecule has 1 amide bonds. The average Bonchev–Trinajstić information content (AvgIpc) is 3.24. The van der Waals surface area contributed by atoms with Gasteiger partial charge in [-0.05, 0) is 29.6 Å². The first-order chi connectivity index (χ1) is 11.9. The average molecular weight is 401 g/mol. The van der Waals surface area contributed by atoms with Crippen LogP contribution in [0.5, 0.6) is 0 Å². The highest BCUT2D eigenvalue weighted by atomic mass is 32.2. The second-order valence-corrected chi connectivity index (χ2v) is 8.01. The Labute approximate surface area is 153 Å². The van der Waals surface area contributed by atoms with E-state index in [2.05, 4.69) is 15.5 Å². The Hall–Kier alpha value is -1.91. The van der Waals surface area contributed by atoms with Crippen molar-refractivity contribution in [3.8, 4) is 0 Å².